The molecule has 28 heavy (non-hydrogen) atoms. The highest BCUT2D eigenvalue weighted by atomic mass is 32.2. The number of piperazine rings is 1. The zero-order valence-corrected chi connectivity index (χ0v) is 16.1. The van der Waals surface area contributed by atoms with Gasteiger partial charge in [-0.25, -0.2) is 18.4 Å². The van der Waals surface area contributed by atoms with E-state index in [0.717, 1.165) is 36.9 Å². The normalized spacial score (nSPS) is 26.0. The first-order valence-electron chi connectivity index (χ1n) is 9.56. The maximum atomic E-state index is 13.3. The number of nitrogens with zero attached hydrogens (tertiary/aromatic N) is 5. The Bertz CT molecular complexity index is 1010. The van der Waals surface area contributed by atoms with Gasteiger partial charge in [0.15, 0.2) is 9.84 Å². The summed E-state index contributed by atoms with van der Waals surface area (Å²) >= 11 is 0. The molecule has 2 saturated heterocycles. The van der Waals surface area contributed by atoms with E-state index in [1.807, 2.05) is 4.90 Å². The SMILES string of the molecule is O=C(c1onc2c1CCCC2)N1CCN(c2ncccn2)[C@@H]2CS(=O)(=O)C[C@@H]21. The number of hydrogen-bond donors (Lipinski definition) is 0. The van der Waals surface area contributed by atoms with Crippen LogP contribution < -0.4 is 4.90 Å². The number of hydrogen-bond acceptors (Lipinski definition) is 8. The molecule has 0 unspecified atom stereocenters. The molecule has 0 saturated carbocycles. The molecule has 3 aliphatic rings. The monoisotopic (exact) mass is 403 g/mol. The third kappa shape index (κ3) is 2.86. The first-order chi connectivity index (χ1) is 13.5. The van der Waals surface area contributed by atoms with Gasteiger partial charge in [-0.1, -0.05) is 5.16 Å². The Morgan fingerprint density at radius 3 is 2.64 bits per heavy atom. The van der Waals surface area contributed by atoms with Crippen molar-refractivity contribution in [2.24, 2.45) is 0 Å². The quantitative estimate of drug-likeness (QED) is 0.712. The Morgan fingerprint density at radius 1 is 1.07 bits per heavy atom. The zero-order chi connectivity index (χ0) is 19.3. The Morgan fingerprint density at radius 2 is 1.82 bits per heavy atom. The van der Waals surface area contributed by atoms with Crippen LogP contribution in [-0.2, 0) is 22.7 Å². The molecule has 148 valence electrons. The molecule has 0 N–H and O–H groups in total. The highest BCUT2D eigenvalue weighted by Gasteiger charge is 2.49. The highest BCUT2D eigenvalue weighted by Crippen LogP contribution is 2.32. The fraction of sp³-hybridized carbons (Fsp3) is 0.556. The first kappa shape index (κ1) is 17.6. The largest absolute Gasteiger partial charge is 0.350 e. The van der Waals surface area contributed by atoms with Crippen LogP contribution in [-0.4, -0.2) is 71.0 Å². The lowest BCUT2D eigenvalue weighted by atomic mass is 9.95. The minimum Gasteiger partial charge on any atom is -0.350 e. The average molecular weight is 403 g/mol. The second-order valence-electron chi connectivity index (χ2n) is 7.60. The Balaban J connectivity index is 1.47. The minimum atomic E-state index is -3.26. The van der Waals surface area contributed by atoms with Crippen molar-refractivity contribution in [3.63, 3.8) is 0 Å². The predicted molar refractivity (Wildman–Crippen MR) is 99.8 cm³/mol. The van der Waals surface area contributed by atoms with Gasteiger partial charge in [0.25, 0.3) is 5.91 Å². The number of amides is 1. The van der Waals surface area contributed by atoms with Gasteiger partial charge in [0, 0.05) is 31.0 Å². The van der Waals surface area contributed by atoms with Crippen molar-refractivity contribution in [1.29, 1.82) is 0 Å². The first-order valence-corrected chi connectivity index (χ1v) is 11.4. The van der Waals surface area contributed by atoms with Crippen molar-refractivity contribution < 1.29 is 17.7 Å². The van der Waals surface area contributed by atoms with Crippen LogP contribution in [0, 0.1) is 0 Å². The molecule has 9 nitrogen and oxygen atoms in total. The number of aryl methyl sites for hydroxylation is 1. The Hall–Kier alpha value is -2.49. The molecule has 5 rings (SSSR count). The summed E-state index contributed by atoms with van der Waals surface area (Å²) < 4.78 is 30.3. The van der Waals surface area contributed by atoms with Crippen LogP contribution in [0.5, 0.6) is 0 Å². The van der Waals surface area contributed by atoms with Gasteiger partial charge >= 0.3 is 0 Å². The lowest BCUT2D eigenvalue weighted by Gasteiger charge is -2.43. The zero-order valence-electron chi connectivity index (χ0n) is 15.3. The smallest absolute Gasteiger partial charge is 0.293 e. The number of fused-ring (bicyclic) bond motifs is 2. The molecule has 1 aliphatic carbocycles. The van der Waals surface area contributed by atoms with Crippen molar-refractivity contribution >= 4 is 21.7 Å². The van der Waals surface area contributed by atoms with Crippen molar-refractivity contribution in [2.75, 3.05) is 29.5 Å². The van der Waals surface area contributed by atoms with E-state index in [2.05, 4.69) is 15.1 Å². The van der Waals surface area contributed by atoms with Crippen molar-refractivity contribution in [1.82, 2.24) is 20.0 Å². The summed E-state index contributed by atoms with van der Waals surface area (Å²) in [5.74, 6) is 0.467. The molecule has 0 radical (unpaired) electrons. The topological polar surface area (TPSA) is 110 Å². The number of aromatic nitrogens is 3. The fourth-order valence-corrected chi connectivity index (χ4v) is 6.56. The minimum absolute atomic E-state index is 0.00574. The Labute approximate surface area is 162 Å². The summed E-state index contributed by atoms with van der Waals surface area (Å²) in [6, 6.07) is 0.919. The molecule has 1 amide bonds. The molecule has 2 aliphatic heterocycles. The molecule has 4 heterocycles. The van der Waals surface area contributed by atoms with Gasteiger partial charge in [0.2, 0.25) is 11.7 Å². The van der Waals surface area contributed by atoms with E-state index in [1.54, 1.807) is 23.4 Å². The average Bonchev–Trinajstić information content (AvgIpc) is 3.27. The summed E-state index contributed by atoms with van der Waals surface area (Å²) in [5.41, 5.74) is 1.75. The molecule has 2 atom stereocenters. The summed E-state index contributed by atoms with van der Waals surface area (Å²) in [7, 11) is -3.26. The van der Waals surface area contributed by atoms with Crippen molar-refractivity contribution in [2.45, 2.75) is 37.8 Å². The van der Waals surface area contributed by atoms with Crippen LogP contribution in [0.1, 0.15) is 34.7 Å². The van der Waals surface area contributed by atoms with E-state index in [1.165, 1.54) is 0 Å². The van der Waals surface area contributed by atoms with Gasteiger partial charge in [-0.05, 0) is 31.7 Å². The van der Waals surface area contributed by atoms with Crippen LogP contribution in [0.25, 0.3) is 0 Å². The molecule has 2 aromatic heterocycles. The van der Waals surface area contributed by atoms with Crippen LogP contribution in [0.3, 0.4) is 0 Å². The number of anilines is 1. The number of carbonyl (C=O) groups excluding carboxylic acids is 1. The van der Waals surface area contributed by atoms with Crippen LogP contribution >= 0.6 is 0 Å². The van der Waals surface area contributed by atoms with Gasteiger partial charge in [-0.3, -0.25) is 4.79 Å². The summed E-state index contributed by atoms with van der Waals surface area (Å²) in [5, 5.41) is 4.08. The van der Waals surface area contributed by atoms with Crippen molar-refractivity contribution in [3.8, 4) is 0 Å². The molecule has 2 aromatic rings. The molecular weight excluding hydrogens is 382 g/mol. The van der Waals surface area contributed by atoms with E-state index >= 15 is 0 Å². The summed E-state index contributed by atoms with van der Waals surface area (Å²) in [4.78, 5) is 25.4. The molecule has 0 bridgehead atoms. The maximum Gasteiger partial charge on any atom is 0.293 e. The van der Waals surface area contributed by atoms with E-state index in [9.17, 15) is 13.2 Å². The summed E-state index contributed by atoms with van der Waals surface area (Å²) in [6.45, 7) is 0.867. The lowest BCUT2D eigenvalue weighted by molar-refractivity contribution is 0.0604. The van der Waals surface area contributed by atoms with Gasteiger partial charge in [-0.2, -0.15) is 0 Å². The van der Waals surface area contributed by atoms with Gasteiger partial charge in [-0.15, -0.1) is 0 Å². The number of rotatable bonds is 2. The van der Waals surface area contributed by atoms with Crippen LogP contribution in [0.4, 0.5) is 5.95 Å². The van der Waals surface area contributed by atoms with E-state index in [4.69, 9.17) is 4.52 Å². The fourth-order valence-electron chi connectivity index (χ4n) is 4.58. The van der Waals surface area contributed by atoms with Gasteiger partial charge < -0.3 is 14.3 Å². The van der Waals surface area contributed by atoms with Crippen LogP contribution in [0.2, 0.25) is 0 Å². The van der Waals surface area contributed by atoms with Crippen molar-refractivity contribution in [3.05, 3.63) is 35.5 Å². The maximum absolute atomic E-state index is 13.3. The lowest BCUT2D eigenvalue weighted by Crippen LogP contribution is -2.61. The van der Waals surface area contributed by atoms with Crippen LogP contribution in [0.15, 0.2) is 23.0 Å². The number of carbonyl (C=O) groups is 1. The van der Waals surface area contributed by atoms with Gasteiger partial charge in [0.1, 0.15) is 0 Å². The molecule has 0 spiro atoms. The Kier molecular flexibility index (Phi) is 4.11. The summed E-state index contributed by atoms with van der Waals surface area (Å²) in [6.07, 6.45) is 6.94. The standard InChI is InChI=1S/C18H21N5O4S/c24-17(16-12-4-1-2-5-13(12)21-27-16)22-8-9-23(18-19-6-3-7-20-18)15-11-28(25,26)10-14(15)22/h3,6-7,14-15H,1-2,4-5,8-11H2/t14-,15+/m0/s1. The third-order valence-electron chi connectivity index (χ3n) is 5.90. The molecular formula is C18H21N5O4S. The number of sulfone groups is 1. The predicted octanol–water partition coefficient (Wildman–Crippen LogP) is 0.471. The molecule has 10 heteroatoms. The van der Waals surface area contributed by atoms with E-state index in [0.29, 0.717) is 19.0 Å². The second-order valence-corrected chi connectivity index (χ2v) is 9.75. The molecule has 0 aromatic carbocycles. The second kappa shape index (κ2) is 6.54. The van der Waals surface area contributed by atoms with E-state index in [-0.39, 0.29) is 29.2 Å². The highest BCUT2D eigenvalue weighted by molar-refractivity contribution is 7.91. The van der Waals surface area contributed by atoms with Gasteiger partial charge in [0.05, 0.1) is 29.3 Å². The van der Waals surface area contributed by atoms with E-state index < -0.39 is 15.9 Å². The molecule has 2 fully saturated rings. The third-order valence-corrected chi connectivity index (χ3v) is 7.60.